The molecule has 2 aromatic rings. The molecule has 0 aliphatic heterocycles. The Morgan fingerprint density at radius 3 is 2.88 bits per heavy atom. The van der Waals surface area contributed by atoms with Crippen LogP contribution in [-0.2, 0) is 7.05 Å². The van der Waals surface area contributed by atoms with E-state index < -0.39 is 0 Å². The average Bonchev–Trinajstić information content (AvgIpc) is 2.73. The van der Waals surface area contributed by atoms with Gasteiger partial charge in [-0.2, -0.15) is 0 Å². The van der Waals surface area contributed by atoms with Gasteiger partial charge in [-0.1, -0.05) is 13.0 Å². The number of hydrogen-bond donors (Lipinski definition) is 1. The van der Waals surface area contributed by atoms with E-state index in [2.05, 4.69) is 28.3 Å². The van der Waals surface area contributed by atoms with Crippen molar-refractivity contribution >= 4 is 0 Å². The van der Waals surface area contributed by atoms with Crippen molar-refractivity contribution in [2.24, 2.45) is 7.05 Å². The van der Waals surface area contributed by atoms with Crippen molar-refractivity contribution in [2.75, 3.05) is 6.54 Å². The number of rotatable bonds is 4. The molecule has 0 aromatic carbocycles. The van der Waals surface area contributed by atoms with Crippen LogP contribution in [0.1, 0.15) is 24.4 Å². The van der Waals surface area contributed by atoms with Crippen LogP contribution in [0, 0.1) is 0 Å². The summed E-state index contributed by atoms with van der Waals surface area (Å²) in [5.74, 6) is 1.01. The van der Waals surface area contributed by atoms with Crippen LogP contribution in [0.3, 0.4) is 0 Å². The molecule has 2 heterocycles. The minimum atomic E-state index is 0.110. The van der Waals surface area contributed by atoms with Gasteiger partial charge in [0.2, 0.25) is 0 Å². The minimum Gasteiger partial charge on any atom is -0.336 e. The molecule has 1 atom stereocenters. The summed E-state index contributed by atoms with van der Waals surface area (Å²) < 4.78 is 2.03. The van der Waals surface area contributed by atoms with Gasteiger partial charge in [0.05, 0.1) is 6.04 Å². The van der Waals surface area contributed by atoms with Gasteiger partial charge >= 0.3 is 0 Å². The van der Waals surface area contributed by atoms with Crippen molar-refractivity contribution in [3.05, 3.63) is 48.3 Å². The molecule has 0 radical (unpaired) electrons. The van der Waals surface area contributed by atoms with E-state index in [9.17, 15) is 0 Å². The van der Waals surface area contributed by atoms with Crippen molar-refractivity contribution in [1.29, 1.82) is 0 Å². The summed E-state index contributed by atoms with van der Waals surface area (Å²) in [5, 5.41) is 3.42. The number of aryl methyl sites for hydroxylation is 1. The number of aromatic nitrogens is 3. The van der Waals surface area contributed by atoms with Gasteiger partial charge in [0.1, 0.15) is 5.82 Å². The molecule has 4 heteroatoms. The lowest BCUT2D eigenvalue weighted by atomic mass is 10.1. The molecule has 0 unspecified atom stereocenters. The summed E-state index contributed by atoms with van der Waals surface area (Å²) >= 11 is 0. The second-order valence-electron chi connectivity index (χ2n) is 3.67. The molecule has 0 amide bonds. The smallest absolute Gasteiger partial charge is 0.130 e. The summed E-state index contributed by atoms with van der Waals surface area (Å²) in [7, 11) is 2.00. The molecule has 4 nitrogen and oxygen atoms in total. The molecule has 0 spiro atoms. The lowest BCUT2D eigenvalue weighted by molar-refractivity contribution is 0.575. The van der Waals surface area contributed by atoms with Crippen LogP contribution in [0.4, 0.5) is 0 Å². The van der Waals surface area contributed by atoms with E-state index in [1.54, 1.807) is 6.20 Å². The highest BCUT2D eigenvalue weighted by Gasteiger charge is 2.16. The molecule has 1 N–H and O–H groups in total. The van der Waals surface area contributed by atoms with Crippen molar-refractivity contribution < 1.29 is 0 Å². The molecule has 0 bridgehead atoms. The van der Waals surface area contributed by atoms with E-state index in [0.29, 0.717) is 0 Å². The molecule has 0 fully saturated rings. The van der Waals surface area contributed by atoms with E-state index in [-0.39, 0.29) is 6.04 Å². The van der Waals surface area contributed by atoms with Gasteiger partial charge in [-0.25, -0.2) is 4.98 Å². The Bertz CT molecular complexity index is 435. The molecule has 16 heavy (non-hydrogen) atoms. The second kappa shape index (κ2) is 4.90. The summed E-state index contributed by atoms with van der Waals surface area (Å²) in [6, 6.07) is 4.12. The zero-order valence-corrected chi connectivity index (χ0v) is 9.59. The molecular formula is C12H16N4. The predicted molar refractivity (Wildman–Crippen MR) is 63.0 cm³/mol. The van der Waals surface area contributed by atoms with Crippen LogP contribution >= 0.6 is 0 Å². The Kier molecular flexibility index (Phi) is 3.31. The van der Waals surface area contributed by atoms with E-state index in [0.717, 1.165) is 17.9 Å². The number of nitrogens with zero attached hydrogens (tertiary/aromatic N) is 3. The fourth-order valence-corrected chi connectivity index (χ4v) is 1.76. The maximum absolute atomic E-state index is 4.38. The fourth-order valence-electron chi connectivity index (χ4n) is 1.76. The van der Waals surface area contributed by atoms with Gasteiger partial charge in [0.15, 0.2) is 0 Å². The summed E-state index contributed by atoms with van der Waals surface area (Å²) in [4.78, 5) is 8.53. The lowest BCUT2D eigenvalue weighted by Gasteiger charge is -2.17. The van der Waals surface area contributed by atoms with Crippen LogP contribution < -0.4 is 5.32 Å². The summed E-state index contributed by atoms with van der Waals surface area (Å²) in [6.07, 6.45) is 7.43. The first-order valence-corrected chi connectivity index (χ1v) is 5.43. The zero-order valence-electron chi connectivity index (χ0n) is 9.59. The first-order chi connectivity index (χ1) is 7.83. The molecule has 84 valence electrons. The normalized spacial score (nSPS) is 12.6. The topological polar surface area (TPSA) is 42.7 Å². The van der Waals surface area contributed by atoms with Gasteiger partial charge in [-0.05, 0) is 18.2 Å². The number of imidazole rings is 1. The van der Waals surface area contributed by atoms with Crippen LogP contribution in [0.5, 0.6) is 0 Å². The van der Waals surface area contributed by atoms with Crippen LogP contribution in [-0.4, -0.2) is 21.1 Å². The van der Waals surface area contributed by atoms with E-state index in [1.807, 2.05) is 36.3 Å². The van der Waals surface area contributed by atoms with E-state index in [4.69, 9.17) is 0 Å². The average molecular weight is 216 g/mol. The zero-order chi connectivity index (χ0) is 11.4. The quantitative estimate of drug-likeness (QED) is 0.842. The maximum atomic E-state index is 4.38. The van der Waals surface area contributed by atoms with Gasteiger partial charge < -0.3 is 9.88 Å². The maximum Gasteiger partial charge on any atom is 0.130 e. The Labute approximate surface area is 95.4 Å². The Balaban J connectivity index is 2.35. The van der Waals surface area contributed by atoms with Crippen LogP contribution in [0.2, 0.25) is 0 Å². The standard InChI is InChI=1S/C12H16N4/c1-3-14-11(10-5-4-6-13-9-10)12-15-7-8-16(12)2/h4-9,11,14H,3H2,1-2H3/t11-/m0/s1. The molecule has 2 rings (SSSR count). The third kappa shape index (κ3) is 2.12. The molecule has 0 saturated carbocycles. The highest BCUT2D eigenvalue weighted by molar-refractivity contribution is 5.21. The largest absolute Gasteiger partial charge is 0.336 e. The number of hydrogen-bond acceptors (Lipinski definition) is 3. The highest BCUT2D eigenvalue weighted by Crippen LogP contribution is 2.18. The molecule has 0 saturated heterocycles. The fraction of sp³-hybridized carbons (Fsp3) is 0.333. The number of pyridine rings is 1. The SMILES string of the molecule is CCN[C@@H](c1cccnc1)c1nccn1C. The Hall–Kier alpha value is -1.68. The monoisotopic (exact) mass is 216 g/mol. The minimum absolute atomic E-state index is 0.110. The van der Waals surface area contributed by atoms with Crippen molar-refractivity contribution in [2.45, 2.75) is 13.0 Å². The summed E-state index contributed by atoms with van der Waals surface area (Å²) in [5.41, 5.74) is 1.14. The Morgan fingerprint density at radius 2 is 2.31 bits per heavy atom. The highest BCUT2D eigenvalue weighted by atomic mass is 15.1. The third-order valence-corrected chi connectivity index (χ3v) is 2.54. The van der Waals surface area contributed by atoms with Gasteiger partial charge in [0.25, 0.3) is 0 Å². The van der Waals surface area contributed by atoms with Crippen molar-refractivity contribution in [1.82, 2.24) is 19.9 Å². The molecule has 2 aromatic heterocycles. The van der Waals surface area contributed by atoms with Gasteiger partial charge in [-0.15, -0.1) is 0 Å². The predicted octanol–water partition coefficient (Wildman–Crippen LogP) is 1.51. The first kappa shape index (κ1) is 10.8. The first-order valence-electron chi connectivity index (χ1n) is 5.43. The van der Waals surface area contributed by atoms with Gasteiger partial charge in [-0.3, -0.25) is 4.98 Å². The molecule has 0 aliphatic carbocycles. The van der Waals surface area contributed by atoms with Crippen molar-refractivity contribution in [3.8, 4) is 0 Å². The van der Waals surface area contributed by atoms with E-state index in [1.165, 1.54) is 0 Å². The number of nitrogens with one attached hydrogen (secondary N) is 1. The summed E-state index contributed by atoms with van der Waals surface area (Å²) in [6.45, 7) is 2.98. The third-order valence-electron chi connectivity index (χ3n) is 2.54. The molecule has 0 aliphatic rings. The van der Waals surface area contributed by atoms with Crippen molar-refractivity contribution in [3.63, 3.8) is 0 Å². The lowest BCUT2D eigenvalue weighted by Crippen LogP contribution is -2.24. The van der Waals surface area contributed by atoms with Crippen LogP contribution in [0.15, 0.2) is 36.9 Å². The van der Waals surface area contributed by atoms with E-state index >= 15 is 0 Å². The second-order valence-corrected chi connectivity index (χ2v) is 3.67. The Morgan fingerprint density at radius 1 is 1.44 bits per heavy atom. The van der Waals surface area contributed by atoms with Crippen LogP contribution in [0.25, 0.3) is 0 Å². The van der Waals surface area contributed by atoms with Gasteiger partial charge in [0, 0.05) is 31.8 Å². The molecular weight excluding hydrogens is 200 g/mol.